The molecule has 0 aromatic heterocycles. The third-order valence-corrected chi connectivity index (χ3v) is 4.84. The molecule has 2 rings (SSSR count). The fraction of sp³-hybridized carbons (Fsp3) is 0.417. The van der Waals surface area contributed by atoms with Gasteiger partial charge in [-0.3, -0.25) is 13.9 Å². The van der Waals surface area contributed by atoms with Crippen LogP contribution >= 0.6 is 15.9 Å². The summed E-state index contributed by atoms with van der Waals surface area (Å²) in [5.74, 6) is 1.23. The topological polar surface area (TPSA) is 75.4 Å². The second-order valence-electron chi connectivity index (χ2n) is 4.41. The van der Waals surface area contributed by atoms with Crippen molar-refractivity contribution in [1.29, 1.82) is 0 Å². The van der Waals surface area contributed by atoms with Gasteiger partial charge in [0, 0.05) is 45.6 Å². The number of nitrogen functional groups attached to an aromatic ring is 1. The number of hydrogen-bond acceptors (Lipinski definition) is 4. The molecule has 0 unspecified atom stereocenters. The summed E-state index contributed by atoms with van der Waals surface area (Å²) in [6.45, 7) is 1.75. The molecule has 19 heavy (non-hydrogen) atoms. The van der Waals surface area contributed by atoms with Gasteiger partial charge in [0.05, 0.1) is 12.2 Å². The molecular formula is C12H16BrN3O2S. The molecule has 3 N–H and O–H groups in total. The Morgan fingerprint density at radius 2 is 2.11 bits per heavy atom. The van der Waals surface area contributed by atoms with E-state index in [0.717, 1.165) is 4.47 Å². The number of anilines is 2. The maximum absolute atomic E-state index is 11.9. The summed E-state index contributed by atoms with van der Waals surface area (Å²) in [5.41, 5.74) is 6.99. The van der Waals surface area contributed by atoms with Crippen molar-refractivity contribution >= 4 is 44.0 Å². The summed E-state index contributed by atoms with van der Waals surface area (Å²) in [5, 5.41) is 2.84. The zero-order valence-electron chi connectivity index (χ0n) is 10.4. The molecule has 0 bridgehead atoms. The average Bonchev–Trinajstić information content (AvgIpc) is 2.36. The number of benzene rings is 1. The summed E-state index contributed by atoms with van der Waals surface area (Å²) in [6, 6.07) is 5.26. The summed E-state index contributed by atoms with van der Waals surface area (Å²) >= 11 is 3.36. The first-order valence-corrected chi connectivity index (χ1v) is 8.25. The van der Waals surface area contributed by atoms with Crippen molar-refractivity contribution in [3.63, 3.8) is 0 Å². The van der Waals surface area contributed by atoms with Crippen LogP contribution in [0.15, 0.2) is 22.7 Å². The minimum Gasteiger partial charge on any atom is -0.399 e. The summed E-state index contributed by atoms with van der Waals surface area (Å²) in [4.78, 5) is 13.9. The van der Waals surface area contributed by atoms with Crippen molar-refractivity contribution in [3.05, 3.63) is 22.7 Å². The number of carbonyl (C=O) groups excluding carboxylic acids is 1. The van der Waals surface area contributed by atoms with E-state index in [2.05, 4.69) is 21.2 Å². The van der Waals surface area contributed by atoms with Crippen molar-refractivity contribution in [3.8, 4) is 0 Å². The van der Waals surface area contributed by atoms with Crippen LogP contribution in [0.4, 0.5) is 11.4 Å². The minimum atomic E-state index is -0.715. The predicted octanol–water partition coefficient (Wildman–Crippen LogP) is 1.03. The van der Waals surface area contributed by atoms with Gasteiger partial charge >= 0.3 is 0 Å². The molecule has 1 heterocycles. The highest BCUT2D eigenvalue weighted by Crippen LogP contribution is 2.24. The van der Waals surface area contributed by atoms with Crippen LogP contribution in [0, 0.1) is 0 Å². The normalized spacial score (nSPS) is 17.3. The Morgan fingerprint density at radius 3 is 2.74 bits per heavy atom. The van der Waals surface area contributed by atoms with Crippen molar-refractivity contribution in [2.45, 2.75) is 0 Å². The van der Waals surface area contributed by atoms with E-state index in [0.29, 0.717) is 42.5 Å². The molecule has 1 aliphatic rings. The van der Waals surface area contributed by atoms with Crippen molar-refractivity contribution in [1.82, 2.24) is 4.90 Å². The van der Waals surface area contributed by atoms with E-state index in [1.165, 1.54) is 0 Å². The second kappa shape index (κ2) is 6.49. The largest absolute Gasteiger partial charge is 0.399 e. The Morgan fingerprint density at radius 1 is 1.42 bits per heavy atom. The molecule has 0 spiro atoms. The van der Waals surface area contributed by atoms with E-state index in [4.69, 9.17) is 5.73 Å². The molecule has 5 nitrogen and oxygen atoms in total. The molecule has 0 radical (unpaired) electrons. The number of rotatable bonds is 3. The number of hydrogen-bond donors (Lipinski definition) is 2. The first-order valence-electron chi connectivity index (χ1n) is 5.97. The molecule has 0 atom stereocenters. The lowest BCUT2D eigenvalue weighted by molar-refractivity contribution is -0.117. The molecule has 0 saturated carbocycles. The highest BCUT2D eigenvalue weighted by Gasteiger charge is 2.17. The number of nitrogens with one attached hydrogen (secondary N) is 1. The Kier molecular flexibility index (Phi) is 4.95. The van der Waals surface area contributed by atoms with Crippen LogP contribution in [-0.4, -0.2) is 46.2 Å². The SMILES string of the molecule is Nc1ccc(NC(=O)CN2CCS(=O)CC2)c(Br)c1. The Hall–Kier alpha value is -0.920. The van der Waals surface area contributed by atoms with E-state index < -0.39 is 10.8 Å². The van der Waals surface area contributed by atoms with Gasteiger partial charge in [-0.1, -0.05) is 0 Å². The molecule has 1 aromatic rings. The highest BCUT2D eigenvalue weighted by atomic mass is 79.9. The summed E-state index contributed by atoms with van der Waals surface area (Å²) < 4.78 is 12.0. The third-order valence-electron chi connectivity index (χ3n) is 2.90. The lowest BCUT2D eigenvalue weighted by Crippen LogP contribution is -2.42. The standard InChI is InChI=1S/C12H16BrN3O2S/c13-10-7-9(14)1-2-11(10)15-12(17)8-16-3-5-19(18)6-4-16/h1-2,7H,3-6,8,14H2,(H,15,17). The first-order chi connectivity index (χ1) is 9.04. The number of nitrogens with two attached hydrogens (primary N) is 1. The summed E-state index contributed by atoms with van der Waals surface area (Å²) in [7, 11) is -0.715. The lowest BCUT2D eigenvalue weighted by atomic mass is 10.3. The lowest BCUT2D eigenvalue weighted by Gasteiger charge is -2.25. The van der Waals surface area contributed by atoms with E-state index >= 15 is 0 Å². The van der Waals surface area contributed by atoms with Crippen molar-refractivity contribution < 1.29 is 9.00 Å². The van der Waals surface area contributed by atoms with Crippen LogP contribution in [0.1, 0.15) is 0 Å². The van der Waals surface area contributed by atoms with Crippen LogP contribution < -0.4 is 11.1 Å². The molecule has 104 valence electrons. The zero-order chi connectivity index (χ0) is 13.8. The predicted molar refractivity (Wildman–Crippen MR) is 81.5 cm³/mol. The molecule has 7 heteroatoms. The number of halogens is 1. The number of carbonyl (C=O) groups is 1. The Balaban J connectivity index is 1.89. The van der Waals surface area contributed by atoms with E-state index in [1.807, 2.05) is 4.90 Å². The molecule has 1 fully saturated rings. The zero-order valence-corrected chi connectivity index (χ0v) is 12.8. The van der Waals surface area contributed by atoms with Gasteiger partial charge in [-0.2, -0.15) is 0 Å². The maximum atomic E-state index is 11.9. The van der Waals surface area contributed by atoms with Gasteiger partial charge in [-0.15, -0.1) is 0 Å². The monoisotopic (exact) mass is 345 g/mol. The number of amides is 1. The van der Waals surface area contributed by atoms with Gasteiger partial charge < -0.3 is 11.1 Å². The van der Waals surface area contributed by atoms with Gasteiger partial charge in [-0.05, 0) is 34.1 Å². The number of nitrogens with zero attached hydrogens (tertiary/aromatic N) is 1. The first kappa shape index (κ1) is 14.5. The van der Waals surface area contributed by atoms with Crippen molar-refractivity contribution in [2.75, 3.05) is 42.2 Å². The van der Waals surface area contributed by atoms with Crippen LogP contribution in [0.2, 0.25) is 0 Å². The molecule has 1 saturated heterocycles. The molecule has 1 aromatic carbocycles. The molecule has 0 aliphatic carbocycles. The van der Waals surface area contributed by atoms with Crippen LogP contribution in [0.25, 0.3) is 0 Å². The van der Waals surface area contributed by atoms with Gasteiger partial charge in [0.15, 0.2) is 0 Å². The van der Waals surface area contributed by atoms with E-state index in [-0.39, 0.29) is 5.91 Å². The van der Waals surface area contributed by atoms with Gasteiger partial charge in [-0.25, -0.2) is 0 Å². The molecule has 1 aliphatic heterocycles. The molecular weight excluding hydrogens is 330 g/mol. The average molecular weight is 346 g/mol. The smallest absolute Gasteiger partial charge is 0.238 e. The van der Waals surface area contributed by atoms with Gasteiger partial charge in [0.25, 0.3) is 0 Å². The fourth-order valence-corrected chi connectivity index (χ4v) is 3.48. The van der Waals surface area contributed by atoms with E-state index in [1.54, 1.807) is 18.2 Å². The van der Waals surface area contributed by atoms with Crippen LogP contribution in [0.3, 0.4) is 0 Å². The quantitative estimate of drug-likeness (QED) is 0.802. The third kappa shape index (κ3) is 4.29. The fourth-order valence-electron chi connectivity index (χ4n) is 1.86. The van der Waals surface area contributed by atoms with Crippen molar-refractivity contribution in [2.24, 2.45) is 0 Å². The van der Waals surface area contributed by atoms with Gasteiger partial charge in [0.1, 0.15) is 0 Å². The minimum absolute atomic E-state index is 0.0712. The van der Waals surface area contributed by atoms with E-state index in [9.17, 15) is 9.00 Å². The second-order valence-corrected chi connectivity index (χ2v) is 6.96. The maximum Gasteiger partial charge on any atom is 0.238 e. The Labute approximate surface area is 123 Å². The van der Waals surface area contributed by atoms with Crippen LogP contribution in [0.5, 0.6) is 0 Å². The Bertz CT molecular complexity index is 500. The van der Waals surface area contributed by atoms with Crippen LogP contribution in [-0.2, 0) is 15.6 Å². The van der Waals surface area contributed by atoms with Gasteiger partial charge in [0.2, 0.25) is 5.91 Å². The highest BCUT2D eigenvalue weighted by molar-refractivity contribution is 9.10. The summed E-state index contributed by atoms with van der Waals surface area (Å²) in [6.07, 6.45) is 0. The molecule has 1 amide bonds.